The highest BCUT2D eigenvalue weighted by molar-refractivity contribution is 5.72. The van der Waals surface area contributed by atoms with Gasteiger partial charge in [-0.05, 0) is 37.5 Å². The summed E-state index contributed by atoms with van der Waals surface area (Å²) in [6.45, 7) is 5.61. The van der Waals surface area contributed by atoms with Crippen molar-refractivity contribution in [2.75, 3.05) is 0 Å². The third kappa shape index (κ3) is 4.35. The molecule has 0 saturated heterocycles. The zero-order chi connectivity index (χ0) is 22.6. The average molecular weight is 425 g/mol. The third-order valence-corrected chi connectivity index (χ3v) is 5.34. The molecule has 4 heteroatoms. The van der Waals surface area contributed by atoms with E-state index in [4.69, 9.17) is 4.74 Å². The third-order valence-electron chi connectivity index (χ3n) is 5.34. The Kier molecular flexibility index (Phi) is 5.95. The average Bonchev–Trinajstić information content (AvgIpc) is 3.24. The number of hydrogen-bond acceptors (Lipinski definition) is 3. The molecule has 3 aromatic carbocycles. The molecule has 4 nitrogen and oxygen atoms in total. The number of carbonyl (C=O) groups is 1. The molecule has 0 unspecified atom stereocenters. The maximum atomic E-state index is 12.4. The topological polar surface area (TPSA) is 44.1 Å². The number of carbonyl (C=O) groups excluding carboxylic acids is 1. The molecular formula is C28H28N2O2. The summed E-state index contributed by atoms with van der Waals surface area (Å²) < 4.78 is 7.61. The zero-order valence-electron chi connectivity index (χ0n) is 18.7. The fourth-order valence-electron chi connectivity index (χ4n) is 4.15. The van der Waals surface area contributed by atoms with Gasteiger partial charge in [0.15, 0.2) is 0 Å². The number of benzene rings is 3. The molecule has 4 rings (SSSR count). The first-order valence-electron chi connectivity index (χ1n) is 10.8. The van der Waals surface area contributed by atoms with Gasteiger partial charge in [0.1, 0.15) is 11.1 Å². The van der Waals surface area contributed by atoms with Crippen LogP contribution in [0.3, 0.4) is 0 Å². The highest BCUT2D eigenvalue weighted by Crippen LogP contribution is 2.40. The Morgan fingerprint density at radius 3 is 1.62 bits per heavy atom. The Bertz CT molecular complexity index is 1060. The highest BCUT2D eigenvalue weighted by Gasteiger charge is 2.38. The molecule has 0 spiro atoms. The van der Waals surface area contributed by atoms with Crippen molar-refractivity contribution in [1.29, 1.82) is 0 Å². The van der Waals surface area contributed by atoms with Gasteiger partial charge in [0.2, 0.25) is 0 Å². The van der Waals surface area contributed by atoms with Crippen LogP contribution in [0.25, 0.3) is 0 Å². The standard InChI is InChI=1S/C28H28N2O2/c1-27(2,3)32-26(31)19-25-20-30(21-29-25)28(22-13-7-4-8-14-22,23-15-9-5-10-16-23)24-17-11-6-12-18-24/h4-18,20-21H,19H2,1-3H3. The summed E-state index contributed by atoms with van der Waals surface area (Å²) in [5.41, 5.74) is 2.84. The Morgan fingerprint density at radius 1 is 0.781 bits per heavy atom. The second kappa shape index (κ2) is 8.83. The summed E-state index contributed by atoms with van der Waals surface area (Å²) in [5.74, 6) is -0.285. The van der Waals surface area contributed by atoms with Crippen LogP contribution in [0.5, 0.6) is 0 Å². The lowest BCUT2D eigenvalue weighted by Gasteiger charge is -2.37. The molecule has 0 amide bonds. The minimum absolute atomic E-state index is 0.124. The van der Waals surface area contributed by atoms with E-state index in [-0.39, 0.29) is 12.4 Å². The van der Waals surface area contributed by atoms with Gasteiger partial charge < -0.3 is 9.30 Å². The first kappa shape index (κ1) is 21.6. The molecule has 1 aromatic heterocycles. The Labute approximate surface area is 189 Å². The van der Waals surface area contributed by atoms with Crippen LogP contribution in [0.15, 0.2) is 104 Å². The van der Waals surface area contributed by atoms with Crippen LogP contribution in [-0.4, -0.2) is 21.1 Å². The quantitative estimate of drug-likeness (QED) is 0.299. The summed E-state index contributed by atoms with van der Waals surface area (Å²) in [4.78, 5) is 17.0. The number of imidazole rings is 1. The van der Waals surface area contributed by atoms with Crippen molar-refractivity contribution in [3.8, 4) is 0 Å². The van der Waals surface area contributed by atoms with Crippen LogP contribution in [0.1, 0.15) is 43.2 Å². The van der Waals surface area contributed by atoms with E-state index in [2.05, 4.69) is 82.3 Å². The number of esters is 1. The molecule has 0 aliphatic carbocycles. The molecule has 0 aliphatic heterocycles. The summed E-state index contributed by atoms with van der Waals surface area (Å²) in [6, 6.07) is 31.2. The fraction of sp³-hybridized carbons (Fsp3) is 0.214. The minimum atomic E-state index is -0.636. The molecule has 162 valence electrons. The summed E-state index contributed by atoms with van der Waals surface area (Å²) in [7, 11) is 0. The van der Waals surface area contributed by atoms with Crippen LogP contribution in [0, 0.1) is 0 Å². The lowest BCUT2D eigenvalue weighted by Crippen LogP contribution is -2.37. The molecule has 0 saturated carbocycles. The van der Waals surface area contributed by atoms with Gasteiger partial charge in [-0.25, -0.2) is 4.98 Å². The minimum Gasteiger partial charge on any atom is -0.460 e. The molecule has 0 radical (unpaired) electrons. The van der Waals surface area contributed by atoms with E-state index in [1.165, 1.54) is 0 Å². The van der Waals surface area contributed by atoms with Crippen molar-refractivity contribution >= 4 is 5.97 Å². The second-order valence-corrected chi connectivity index (χ2v) is 8.84. The number of nitrogens with zero attached hydrogens (tertiary/aromatic N) is 2. The van der Waals surface area contributed by atoms with Crippen LogP contribution in [0.2, 0.25) is 0 Å². The summed E-state index contributed by atoms with van der Waals surface area (Å²) >= 11 is 0. The maximum Gasteiger partial charge on any atom is 0.312 e. The fourth-order valence-corrected chi connectivity index (χ4v) is 4.15. The van der Waals surface area contributed by atoms with Gasteiger partial charge >= 0.3 is 5.97 Å². The SMILES string of the molecule is CC(C)(C)OC(=O)Cc1cn(C(c2ccccc2)(c2ccccc2)c2ccccc2)cn1. The van der Waals surface area contributed by atoms with Crippen molar-refractivity contribution in [3.05, 3.63) is 126 Å². The molecule has 0 aliphatic rings. The highest BCUT2D eigenvalue weighted by atomic mass is 16.6. The number of rotatable bonds is 6. The van der Waals surface area contributed by atoms with Crippen LogP contribution in [0.4, 0.5) is 0 Å². The molecule has 0 bridgehead atoms. The van der Waals surface area contributed by atoms with E-state index in [1.54, 1.807) is 0 Å². The first-order chi connectivity index (χ1) is 15.4. The van der Waals surface area contributed by atoms with Crippen molar-refractivity contribution in [1.82, 2.24) is 9.55 Å². The van der Waals surface area contributed by atoms with E-state index < -0.39 is 11.1 Å². The van der Waals surface area contributed by atoms with Gasteiger partial charge in [0.25, 0.3) is 0 Å². The summed E-state index contributed by atoms with van der Waals surface area (Å²) in [6.07, 6.45) is 3.89. The molecule has 4 aromatic rings. The van der Waals surface area contributed by atoms with E-state index in [0.29, 0.717) is 5.69 Å². The molecule has 32 heavy (non-hydrogen) atoms. The van der Waals surface area contributed by atoms with Crippen molar-refractivity contribution < 1.29 is 9.53 Å². The van der Waals surface area contributed by atoms with E-state index in [1.807, 2.05) is 51.5 Å². The molecule has 0 fully saturated rings. The molecular weight excluding hydrogens is 396 g/mol. The smallest absolute Gasteiger partial charge is 0.312 e. The lowest BCUT2D eigenvalue weighted by molar-refractivity contribution is -0.153. The van der Waals surface area contributed by atoms with E-state index in [0.717, 1.165) is 16.7 Å². The zero-order valence-corrected chi connectivity index (χ0v) is 18.7. The monoisotopic (exact) mass is 424 g/mol. The molecule has 1 heterocycles. The van der Waals surface area contributed by atoms with Gasteiger partial charge in [-0.15, -0.1) is 0 Å². The number of aromatic nitrogens is 2. The van der Waals surface area contributed by atoms with Crippen molar-refractivity contribution in [2.45, 2.75) is 38.3 Å². The molecule has 0 atom stereocenters. The number of hydrogen-bond donors (Lipinski definition) is 0. The van der Waals surface area contributed by atoms with Crippen LogP contribution < -0.4 is 0 Å². The lowest BCUT2D eigenvalue weighted by atomic mass is 9.77. The largest absolute Gasteiger partial charge is 0.460 e. The normalized spacial score (nSPS) is 11.8. The van der Waals surface area contributed by atoms with Crippen molar-refractivity contribution in [2.24, 2.45) is 0 Å². The van der Waals surface area contributed by atoms with Crippen LogP contribution >= 0.6 is 0 Å². The van der Waals surface area contributed by atoms with Crippen LogP contribution in [-0.2, 0) is 21.5 Å². The Hall–Kier alpha value is -3.66. The van der Waals surface area contributed by atoms with E-state index in [9.17, 15) is 4.79 Å². The number of ether oxygens (including phenoxy) is 1. The van der Waals surface area contributed by atoms with Gasteiger partial charge in [-0.1, -0.05) is 91.0 Å². The van der Waals surface area contributed by atoms with Gasteiger partial charge in [0, 0.05) is 6.20 Å². The van der Waals surface area contributed by atoms with Crippen molar-refractivity contribution in [3.63, 3.8) is 0 Å². The van der Waals surface area contributed by atoms with Gasteiger partial charge in [-0.2, -0.15) is 0 Å². The first-order valence-corrected chi connectivity index (χ1v) is 10.8. The predicted molar refractivity (Wildman–Crippen MR) is 126 cm³/mol. The summed E-state index contributed by atoms with van der Waals surface area (Å²) in [5, 5.41) is 0. The van der Waals surface area contributed by atoms with Gasteiger partial charge in [0.05, 0.1) is 18.4 Å². The molecule has 0 N–H and O–H groups in total. The Morgan fingerprint density at radius 2 is 1.22 bits per heavy atom. The second-order valence-electron chi connectivity index (χ2n) is 8.84. The predicted octanol–water partition coefficient (Wildman–Crippen LogP) is 5.61. The van der Waals surface area contributed by atoms with E-state index >= 15 is 0 Å². The van der Waals surface area contributed by atoms with Gasteiger partial charge in [-0.3, -0.25) is 4.79 Å². The maximum absolute atomic E-state index is 12.4. The Balaban J connectivity index is 1.88.